The van der Waals surface area contributed by atoms with Gasteiger partial charge >= 0.3 is 0 Å². The molecule has 2 amide bonds. The van der Waals surface area contributed by atoms with E-state index in [0.29, 0.717) is 25.8 Å². The number of aromatic nitrogens is 2. The number of nitrogens with zero attached hydrogens (tertiary/aromatic N) is 4. The molecule has 1 fully saturated rings. The highest BCUT2D eigenvalue weighted by molar-refractivity contribution is 5.79. The monoisotopic (exact) mass is 394 g/mol. The minimum atomic E-state index is 0.160. The molecule has 0 unspecified atom stereocenters. The van der Waals surface area contributed by atoms with Crippen molar-refractivity contribution in [2.45, 2.75) is 52.0 Å². The van der Waals surface area contributed by atoms with E-state index in [-0.39, 0.29) is 11.8 Å². The fourth-order valence-electron chi connectivity index (χ4n) is 4.52. The second-order valence-electron chi connectivity index (χ2n) is 8.25. The highest BCUT2D eigenvalue weighted by Gasteiger charge is 2.27. The lowest BCUT2D eigenvalue weighted by Gasteiger charge is -2.28. The van der Waals surface area contributed by atoms with Crippen molar-refractivity contribution in [1.82, 2.24) is 19.6 Å². The summed E-state index contributed by atoms with van der Waals surface area (Å²) < 4.78 is 1.94. The summed E-state index contributed by atoms with van der Waals surface area (Å²) >= 11 is 0. The van der Waals surface area contributed by atoms with Gasteiger partial charge < -0.3 is 9.80 Å². The van der Waals surface area contributed by atoms with E-state index in [0.717, 1.165) is 61.3 Å². The van der Waals surface area contributed by atoms with Crippen LogP contribution in [0.5, 0.6) is 0 Å². The molecule has 3 heterocycles. The number of carbonyl (C=O) groups excluding carboxylic acids is 2. The third-order valence-electron chi connectivity index (χ3n) is 6.32. The van der Waals surface area contributed by atoms with Crippen molar-refractivity contribution in [3.05, 3.63) is 52.3 Å². The van der Waals surface area contributed by atoms with Crippen molar-refractivity contribution in [2.75, 3.05) is 19.6 Å². The highest BCUT2D eigenvalue weighted by Crippen LogP contribution is 2.24. The molecule has 0 aliphatic carbocycles. The first kappa shape index (κ1) is 19.7. The van der Waals surface area contributed by atoms with Gasteiger partial charge in [0.2, 0.25) is 11.8 Å². The summed E-state index contributed by atoms with van der Waals surface area (Å²) in [5.41, 5.74) is 5.56. The molecule has 2 aromatic rings. The molecule has 0 spiro atoms. The fraction of sp³-hybridized carbons (Fsp3) is 0.522. The number of fused-ring (bicyclic) bond motifs is 1. The summed E-state index contributed by atoms with van der Waals surface area (Å²) in [4.78, 5) is 29.3. The molecule has 6 nitrogen and oxygen atoms in total. The average Bonchev–Trinajstić information content (AvgIpc) is 3.36. The maximum absolute atomic E-state index is 12.9. The van der Waals surface area contributed by atoms with Crippen LogP contribution in [0.25, 0.3) is 0 Å². The standard InChI is InChI=1S/C23H30N4O2/c1-17-7-3-4-8-18(17)15-23(29)27-14-11-21-19(16-27)20(24-25(21)2)9-10-22(28)26-12-5-6-13-26/h3-4,7-8H,5-6,9-16H2,1-2H3. The molecule has 0 N–H and O–H groups in total. The molecule has 4 rings (SSSR count). The molecule has 0 atom stereocenters. The van der Waals surface area contributed by atoms with Crippen LogP contribution in [0.1, 0.15) is 47.3 Å². The molecular formula is C23H30N4O2. The molecule has 0 saturated carbocycles. The van der Waals surface area contributed by atoms with E-state index >= 15 is 0 Å². The number of hydrogen-bond donors (Lipinski definition) is 0. The lowest BCUT2D eigenvalue weighted by molar-refractivity contribution is -0.131. The third kappa shape index (κ3) is 4.21. The van der Waals surface area contributed by atoms with Crippen molar-refractivity contribution < 1.29 is 9.59 Å². The predicted molar refractivity (Wildman–Crippen MR) is 111 cm³/mol. The highest BCUT2D eigenvalue weighted by atomic mass is 16.2. The Labute approximate surface area is 172 Å². The van der Waals surface area contributed by atoms with Crippen LogP contribution in [0.4, 0.5) is 0 Å². The quantitative estimate of drug-likeness (QED) is 0.783. The number of carbonyl (C=O) groups is 2. The predicted octanol–water partition coefficient (Wildman–Crippen LogP) is 2.41. The largest absolute Gasteiger partial charge is 0.343 e. The Hall–Kier alpha value is -2.63. The van der Waals surface area contributed by atoms with E-state index in [1.165, 1.54) is 5.69 Å². The molecule has 29 heavy (non-hydrogen) atoms. The van der Waals surface area contributed by atoms with Crippen LogP contribution in [0.3, 0.4) is 0 Å². The summed E-state index contributed by atoms with van der Waals surface area (Å²) in [7, 11) is 1.97. The van der Waals surface area contributed by atoms with E-state index in [9.17, 15) is 9.59 Å². The molecule has 154 valence electrons. The summed E-state index contributed by atoms with van der Waals surface area (Å²) in [6.45, 7) is 5.15. The smallest absolute Gasteiger partial charge is 0.227 e. The van der Waals surface area contributed by atoms with E-state index in [4.69, 9.17) is 5.10 Å². The van der Waals surface area contributed by atoms with Crippen molar-refractivity contribution in [1.29, 1.82) is 0 Å². The van der Waals surface area contributed by atoms with Gasteiger partial charge in [0.05, 0.1) is 12.1 Å². The molecular weight excluding hydrogens is 364 g/mol. The maximum Gasteiger partial charge on any atom is 0.227 e. The number of aryl methyl sites for hydroxylation is 3. The van der Waals surface area contributed by atoms with Gasteiger partial charge in [0.25, 0.3) is 0 Å². The van der Waals surface area contributed by atoms with Crippen LogP contribution >= 0.6 is 0 Å². The third-order valence-corrected chi connectivity index (χ3v) is 6.32. The van der Waals surface area contributed by atoms with Crippen molar-refractivity contribution in [3.63, 3.8) is 0 Å². The minimum Gasteiger partial charge on any atom is -0.343 e. The summed E-state index contributed by atoms with van der Waals surface area (Å²) in [5.74, 6) is 0.387. The first-order valence-electron chi connectivity index (χ1n) is 10.7. The second-order valence-corrected chi connectivity index (χ2v) is 8.25. The SMILES string of the molecule is Cc1ccccc1CC(=O)N1CCc2c(c(CCC(=O)N3CCCC3)nn2C)C1. The van der Waals surface area contributed by atoms with Crippen LogP contribution in [0.2, 0.25) is 0 Å². The van der Waals surface area contributed by atoms with Gasteiger partial charge in [0.1, 0.15) is 0 Å². The van der Waals surface area contributed by atoms with Crippen LogP contribution in [-0.4, -0.2) is 51.0 Å². The zero-order valence-corrected chi connectivity index (χ0v) is 17.5. The molecule has 6 heteroatoms. The van der Waals surface area contributed by atoms with Gasteiger partial charge in [-0.25, -0.2) is 0 Å². The zero-order chi connectivity index (χ0) is 20.4. The van der Waals surface area contributed by atoms with Gasteiger partial charge in [-0.15, -0.1) is 0 Å². The number of benzene rings is 1. The second kappa shape index (κ2) is 8.39. The van der Waals surface area contributed by atoms with Crippen molar-refractivity contribution in [2.24, 2.45) is 7.05 Å². The zero-order valence-electron chi connectivity index (χ0n) is 17.5. The minimum absolute atomic E-state index is 0.160. The van der Waals surface area contributed by atoms with Gasteiger partial charge in [0.15, 0.2) is 0 Å². The fourth-order valence-corrected chi connectivity index (χ4v) is 4.52. The molecule has 0 bridgehead atoms. The van der Waals surface area contributed by atoms with E-state index in [2.05, 4.69) is 0 Å². The Morgan fingerprint density at radius 1 is 1.03 bits per heavy atom. The Balaban J connectivity index is 1.43. The topological polar surface area (TPSA) is 58.4 Å². The van der Waals surface area contributed by atoms with Gasteiger partial charge in [0, 0.05) is 63.7 Å². The first-order valence-corrected chi connectivity index (χ1v) is 10.7. The van der Waals surface area contributed by atoms with Gasteiger partial charge in [-0.1, -0.05) is 24.3 Å². The van der Waals surface area contributed by atoms with Crippen LogP contribution < -0.4 is 0 Å². The van der Waals surface area contributed by atoms with E-state index in [1.807, 2.05) is 52.7 Å². The summed E-state index contributed by atoms with van der Waals surface area (Å²) in [5, 5.41) is 4.69. The number of rotatable bonds is 5. The Morgan fingerprint density at radius 2 is 1.79 bits per heavy atom. The van der Waals surface area contributed by atoms with Gasteiger partial charge in [-0.3, -0.25) is 14.3 Å². The lowest BCUT2D eigenvalue weighted by Crippen LogP contribution is -2.37. The van der Waals surface area contributed by atoms with Crippen molar-refractivity contribution in [3.8, 4) is 0 Å². The number of likely N-dealkylation sites (tertiary alicyclic amines) is 1. The molecule has 2 aliphatic heterocycles. The Kier molecular flexibility index (Phi) is 5.69. The normalized spacial score (nSPS) is 16.2. The number of amides is 2. The first-order chi connectivity index (χ1) is 14.0. The van der Waals surface area contributed by atoms with Gasteiger partial charge in [-0.05, 0) is 30.9 Å². The van der Waals surface area contributed by atoms with Gasteiger partial charge in [-0.2, -0.15) is 5.10 Å². The number of hydrogen-bond acceptors (Lipinski definition) is 3. The molecule has 1 aromatic carbocycles. The Morgan fingerprint density at radius 3 is 2.55 bits per heavy atom. The molecule has 1 saturated heterocycles. The van der Waals surface area contributed by atoms with E-state index in [1.54, 1.807) is 0 Å². The molecule has 1 aromatic heterocycles. The van der Waals surface area contributed by atoms with Crippen LogP contribution in [0, 0.1) is 6.92 Å². The lowest BCUT2D eigenvalue weighted by atomic mass is 10.0. The molecule has 2 aliphatic rings. The van der Waals surface area contributed by atoms with Crippen molar-refractivity contribution >= 4 is 11.8 Å². The Bertz CT molecular complexity index is 912. The maximum atomic E-state index is 12.9. The summed E-state index contributed by atoms with van der Waals surface area (Å²) in [6, 6.07) is 8.07. The van der Waals surface area contributed by atoms with E-state index < -0.39 is 0 Å². The van der Waals surface area contributed by atoms with Crippen LogP contribution in [-0.2, 0) is 42.4 Å². The summed E-state index contributed by atoms with van der Waals surface area (Å²) in [6.07, 6.45) is 4.63. The van der Waals surface area contributed by atoms with Crippen LogP contribution in [0.15, 0.2) is 24.3 Å². The average molecular weight is 395 g/mol. The molecule has 0 radical (unpaired) electrons.